The highest BCUT2D eigenvalue weighted by Crippen LogP contribution is 2.58. The zero-order valence-electron chi connectivity index (χ0n) is 10.4. The van der Waals surface area contributed by atoms with Crippen molar-refractivity contribution in [3.05, 3.63) is 24.3 Å². The molecule has 0 spiro atoms. The summed E-state index contributed by atoms with van der Waals surface area (Å²) in [5.74, 6) is 0. The second-order valence-corrected chi connectivity index (χ2v) is 6.62. The maximum absolute atomic E-state index is 12.2. The fourth-order valence-corrected chi connectivity index (χ4v) is 4.41. The van der Waals surface area contributed by atoms with E-state index in [4.69, 9.17) is 0 Å². The van der Waals surface area contributed by atoms with E-state index in [-0.39, 0.29) is 6.04 Å². The molecule has 0 aromatic heterocycles. The summed E-state index contributed by atoms with van der Waals surface area (Å²) < 4.78 is 22.2. The van der Waals surface area contributed by atoms with Gasteiger partial charge in [0.05, 0.1) is 11.7 Å². The van der Waals surface area contributed by atoms with E-state index < -0.39 is 16.8 Å². The molecule has 0 bridgehead atoms. The Bertz CT molecular complexity index is 503. The standard InChI is InChI=1S/C12H17N3O3S/c16-12-14-10-3-1-2-4-11(10)19(17,18)15(12)9-5-7-13-8-6-9/h1-4,9,13,17-18H,5-8H2,(H,14,16). The predicted octanol–water partition coefficient (Wildman–Crippen LogP) is 2.31. The lowest BCUT2D eigenvalue weighted by Gasteiger charge is -2.50. The van der Waals surface area contributed by atoms with E-state index in [1.54, 1.807) is 24.3 Å². The third kappa shape index (κ3) is 2.08. The van der Waals surface area contributed by atoms with Gasteiger partial charge in [-0.15, -0.1) is 0 Å². The molecule has 0 aliphatic carbocycles. The number of benzene rings is 1. The van der Waals surface area contributed by atoms with E-state index in [9.17, 15) is 13.9 Å². The summed E-state index contributed by atoms with van der Waals surface area (Å²) in [4.78, 5) is 12.6. The first kappa shape index (κ1) is 12.7. The summed E-state index contributed by atoms with van der Waals surface area (Å²) in [6, 6.07) is 6.27. The van der Waals surface area contributed by atoms with E-state index in [1.165, 1.54) is 4.31 Å². The summed E-state index contributed by atoms with van der Waals surface area (Å²) in [6.45, 7) is 1.57. The fraction of sp³-hybridized carbons (Fsp3) is 0.417. The molecule has 3 rings (SSSR count). The zero-order chi connectivity index (χ0) is 13.5. The molecule has 7 heteroatoms. The van der Waals surface area contributed by atoms with Crippen LogP contribution in [0.5, 0.6) is 0 Å². The minimum absolute atomic E-state index is 0.139. The van der Waals surface area contributed by atoms with Crippen molar-refractivity contribution in [1.29, 1.82) is 0 Å². The zero-order valence-corrected chi connectivity index (χ0v) is 11.2. The Morgan fingerprint density at radius 2 is 1.89 bits per heavy atom. The van der Waals surface area contributed by atoms with Gasteiger partial charge in [0.25, 0.3) is 0 Å². The van der Waals surface area contributed by atoms with Gasteiger partial charge in [-0.2, -0.15) is 0 Å². The van der Waals surface area contributed by atoms with Crippen LogP contribution in [0.25, 0.3) is 0 Å². The SMILES string of the molecule is O=C1Nc2ccccc2S(O)(O)N1C1CCNCC1. The topological polar surface area (TPSA) is 84.8 Å². The Hall–Kier alpha value is -1.28. The molecule has 6 nitrogen and oxygen atoms in total. The first-order chi connectivity index (χ1) is 9.10. The Balaban J connectivity index is 1.99. The van der Waals surface area contributed by atoms with Gasteiger partial charge in [0.2, 0.25) is 0 Å². The van der Waals surface area contributed by atoms with Crippen LogP contribution in [0.1, 0.15) is 12.8 Å². The van der Waals surface area contributed by atoms with E-state index in [0.29, 0.717) is 10.6 Å². The van der Waals surface area contributed by atoms with Crippen molar-refractivity contribution in [2.75, 3.05) is 18.4 Å². The second-order valence-electron chi connectivity index (χ2n) is 4.75. The largest absolute Gasteiger partial charge is 0.340 e. The third-order valence-corrected chi connectivity index (χ3v) is 5.50. The van der Waals surface area contributed by atoms with Crippen LogP contribution in [-0.4, -0.2) is 38.6 Å². The number of nitrogens with zero attached hydrogens (tertiary/aromatic N) is 1. The van der Waals surface area contributed by atoms with Gasteiger partial charge in [-0.3, -0.25) is 9.11 Å². The van der Waals surface area contributed by atoms with Crippen LogP contribution in [0.3, 0.4) is 0 Å². The van der Waals surface area contributed by atoms with Crippen LogP contribution in [0, 0.1) is 0 Å². The Morgan fingerprint density at radius 1 is 1.21 bits per heavy atom. The Labute approximate surface area is 113 Å². The summed E-state index contributed by atoms with van der Waals surface area (Å²) in [7, 11) is -3.24. The van der Waals surface area contributed by atoms with Crippen LogP contribution in [0.4, 0.5) is 10.5 Å². The average molecular weight is 283 g/mol. The van der Waals surface area contributed by atoms with Crippen molar-refractivity contribution < 1.29 is 13.9 Å². The number of urea groups is 1. The molecule has 2 heterocycles. The lowest BCUT2D eigenvalue weighted by atomic mass is 10.1. The van der Waals surface area contributed by atoms with Gasteiger partial charge in [-0.25, -0.2) is 9.10 Å². The summed E-state index contributed by atoms with van der Waals surface area (Å²) in [5.41, 5.74) is 0.484. The van der Waals surface area contributed by atoms with E-state index >= 15 is 0 Å². The molecule has 0 unspecified atom stereocenters. The molecule has 2 aliphatic rings. The molecular weight excluding hydrogens is 266 g/mol. The monoisotopic (exact) mass is 283 g/mol. The van der Waals surface area contributed by atoms with Gasteiger partial charge in [0, 0.05) is 0 Å². The van der Waals surface area contributed by atoms with Crippen LogP contribution >= 0.6 is 10.8 Å². The maximum Gasteiger partial charge on any atom is 0.340 e. The van der Waals surface area contributed by atoms with Crippen molar-refractivity contribution in [3.63, 3.8) is 0 Å². The lowest BCUT2D eigenvalue weighted by molar-refractivity contribution is 0.205. The Kier molecular flexibility index (Phi) is 3.14. The maximum atomic E-state index is 12.2. The molecule has 1 fully saturated rings. The number of carbonyl (C=O) groups is 1. The molecule has 0 saturated carbocycles. The highest BCUT2D eigenvalue weighted by atomic mass is 32.3. The molecule has 0 radical (unpaired) electrons. The number of para-hydroxylation sites is 1. The number of piperidine rings is 1. The van der Waals surface area contributed by atoms with Crippen molar-refractivity contribution >= 4 is 22.5 Å². The molecule has 1 aromatic carbocycles. The van der Waals surface area contributed by atoms with E-state index in [2.05, 4.69) is 10.6 Å². The normalized spacial score (nSPS) is 24.5. The van der Waals surface area contributed by atoms with Crippen LogP contribution in [0.15, 0.2) is 29.2 Å². The fourth-order valence-electron chi connectivity index (χ4n) is 2.62. The molecule has 1 aromatic rings. The average Bonchev–Trinajstić information content (AvgIpc) is 2.39. The third-order valence-electron chi connectivity index (χ3n) is 3.54. The van der Waals surface area contributed by atoms with Crippen molar-refractivity contribution in [3.8, 4) is 0 Å². The number of rotatable bonds is 1. The van der Waals surface area contributed by atoms with Gasteiger partial charge in [-0.1, -0.05) is 22.9 Å². The van der Waals surface area contributed by atoms with Gasteiger partial charge in [0.15, 0.2) is 0 Å². The van der Waals surface area contributed by atoms with Crippen LogP contribution in [-0.2, 0) is 0 Å². The molecule has 4 N–H and O–H groups in total. The molecule has 0 atom stereocenters. The number of amides is 2. The van der Waals surface area contributed by atoms with E-state index in [0.717, 1.165) is 25.9 Å². The van der Waals surface area contributed by atoms with E-state index in [1.807, 2.05) is 0 Å². The summed E-state index contributed by atoms with van der Waals surface area (Å²) >= 11 is 0. The minimum atomic E-state index is -3.24. The summed E-state index contributed by atoms with van der Waals surface area (Å²) in [6.07, 6.45) is 1.46. The molecular formula is C12H17N3O3S. The van der Waals surface area contributed by atoms with Crippen LogP contribution < -0.4 is 10.6 Å². The predicted molar refractivity (Wildman–Crippen MR) is 74.3 cm³/mol. The first-order valence-electron chi connectivity index (χ1n) is 6.29. The van der Waals surface area contributed by atoms with Crippen molar-refractivity contribution in [1.82, 2.24) is 9.62 Å². The van der Waals surface area contributed by atoms with Crippen molar-refractivity contribution in [2.45, 2.75) is 23.8 Å². The second kappa shape index (κ2) is 4.68. The highest BCUT2D eigenvalue weighted by Gasteiger charge is 2.41. The number of hydrogen-bond acceptors (Lipinski definition) is 4. The number of anilines is 1. The quantitative estimate of drug-likeness (QED) is 0.637. The van der Waals surface area contributed by atoms with Crippen molar-refractivity contribution in [2.24, 2.45) is 0 Å². The highest BCUT2D eigenvalue weighted by molar-refractivity contribution is 8.23. The lowest BCUT2D eigenvalue weighted by Crippen LogP contribution is -2.50. The molecule has 1 saturated heterocycles. The Morgan fingerprint density at radius 3 is 2.63 bits per heavy atom. The van der Waals surface area contributed by atoms with Gasteiger partial charge in [0.1, 0.15) is 4.90 Å². The number of carbonyl (C=O) groups excluding carboxylic acids is 1. The first-order valence-corrected chi connectivity index (χ1v) is 7.79. The number of hydrogen-bond donors (Lipinski definition) is 4. The number of nitrogens with one attached hydrogen (secondary N) is 2. The smallest absolute Gasteiger partial charge is 0.317 e. The van der Waals surface area contributed by atoms with Gasteiger partial charge >= 0.3 is 6.03 Å². The minimum Gasteiger partial charge on any atom is -0.317 e. The van der Waals surface area contributed by atoms with Gasteiger partial charge < -0.3 is 10.6 Å². The molecule has 104 valence electrons. The van der Waals surface area contributed by atoms with Gasteiger partial charge in [-0.05, 0) is 38.1 Å². The molecule has 2 amide bonds. The molecule has 2 aliphatic heterocycles. The summed E-state index contributed by atoms with van der Waals surface area (Å²) in [5, 5.41) is 5.93. The number of fused-ring (bicyclic) bond motifs is 1. The molecule has 19 heavy (non-hydrogen) atoms. The van der Waals surface area contributed by atoms with Crippen LogP contribution in [0.2, 0.25) is 0 Å².